The lowest BCUT2D eigenvalue weighted by atomic mass is 10.1. The molecule has 3 N–H and O–H groups in total. The zero-order chi connectivity index (χ0) is 16.4. The Hall–Kier alpha value is -1.41. The van der Waals surface area contributed by atoms with Crippen molar-refractivity contribution in [2.45, 2.75) is 26.3 Å². The van der Waals surface area contributed by atoms with Gasteiger partial charge in [0.05, 0.1) is 24.7 Å². The third-order valence-corrected chi connectivity index (χ3v) is 3.36. The standard InChI is InChI=1S/C15H24N2O5.ClH/c1-2-3-10-22-15-5-4-13(11-14(15)17(20)21)12-16(6-8-18)7-9-19;/h4-5,11,18-19H,2-3,6-10,12H2,1H3;1H. The number of unbranched alkanes of at least 4 members (excludes halogenated alkanes) is 1. The summed E-state index contributed by atoms with van der Waals surface area (Å²) in [6.07, 6.45) is 1.82. The van der Waals surface area contributed by atoms with E-state index in [1.807, 2.05) is 6.92 Å². The third kappa shape index (κ3) is 7.60. The highest BCUT2D eigenvalue weighted by molar-refractivity contribution is 5.48. The minimum absolute atomic E-state index is 0. The predicted molar refractivity (Wildman–Crippen MR) is 82.1 cm³/mol. The summed E-state index contributed by atoms with van der Waals surface area (Å²) in [6, 6.07) is 4.93. The van der Waals surface area contributed by atoms with Crippen LogP contribution >= 0.6 is 0 Å². The molecule has 0 aliphatic heterocycles. The zero-order valence-corrected chi connectivity index (χ0v) is 14.1. The zero-order valence-electron chi connectivity index (χ0n) is 13.3. The van der Waals surface area contributed by atoms with Gasteiger partial charge in [-0.2, -0.15) is 0 Å². The van der Waals surface area contributed by atoms with Gasteiger partial charge in [-0.25, -0.2) is 0 Å². The number of halogens is 1. The van der Waals surface area contributed by atoms with E-state index in [0.29, 0.717) is 26.2 Å². The van der Waals surface area contributed by atoms with E-state index in [0.717, 1.165) is 23.3 Å². The largest absolute Gasteiger partial charge is 1.00 e. The van der Waals surface area contributed by atoms with E-state index in [4.69, 9.17) is 14.9 Å². The molecule has 0 unspecified atom stereocenters. The lowest BCUT2D eigenvalue weighted by Crippen LogP contribution is -3.11. The number of nitro benzene ring substituents is 1. The number of aliphatic hydroxyl groups is 2. The molecule has 0 fully saturated rings. The van der Waals surface area contributed by atoms with Crippen molar-refractivity contribution < 1.29 is 37.2 Å². The summed E-state index contributed by atoms with van der Waals surface area (Å²) < 4.78 is 5.47. The average molecular weight is 349 g/mol. The van der Waals surface area contributed by atoms with Crippen LogP contribution in [0.1, 0.15) is 25.3 Å². The fraction of sp³-hybridized carbons (Fsp3) is 0.600. The van der Waals surface area contributed by atoms with E-state index < -0.39 is 4.92 Å². The molecule has 0 saturated carbocycles. The van der Waals surface area contributed by atoms with Crippen LogP contribution < -0.4 is 22.0 Å². The summed E-state index contributed by atoms with van der Waals surface area (Å²) in [7, 11) is 0. The van der Waals surface area contributed by atoms with Gasteiger partial charge < -0.3 is 32.3 Å². The summed E-state index contributed by atoms with van der Waals surface area (Å²) >= 11 is 0. The number of nitrogens with one attached hydrogen (secondary N) is 1. The van der Waals surface area contributed by atoms with Gasteiger partial charge in [0.25, 0.3) is 0 Å². The summed E-state index contributed by atoms with van der Waals surface area (Å²) in [4.78, 5) is 11.7. The molecule has 7 nitrogen and oxygen atoms in total. The second-order valence-corrected chi connectivity index (χ2v) is 5.14. The quantitative estimate of drug-likeness (QED) is 0.227. The maximum absolute atomic E-state index is 11.2. The van der Waals surface area contributed by atoms with E-state index in [-0.39, 0.29) is 37.1 Å². The molecule has 23 heavy (non-hydrogen) atoms. The van der Waals surface area contributed by atoms with Crippen molar-refractivity contribution in [3.63, 3.8) is 0 Å². The van der Waals surface area contributed by atoms with Gasteiger partial charge in [0.2, 0.25) is 0 Å². The van der Waals surface area contributed by atoms with Crippen LogP contribution in [0.15, 0.2) is 18.2 Å². The van der Waals surface area contributed by atoms with Crippen molar-refractivity contribution in [1.82, 2.24) is 0 Å². The highest BCUT2D eigenvalue weighted by Gasteiger charge is 2.18. The molecule has 1 aromatic carbocycles. The fourth-order valence-corrected chi connectivity index (χ4v) is 2.17. The monoisotopic (exact) mass is 348 g/mol. The first-order valence-electron chi connectivity index (χ1n) is 7.57. The minimum atomic E-state index is -0.442. The Morgan fingerprint density at radius 1 is 1.26 bits per heavy atom. The van der Waals surface area contributed by atoms with E-state index in [9.17, 15) is 10.1 Å². The molecular weight excluding hydrogens is 324 g/mol. The van der Waals surface area contributed by atoms with Crippen molar-refractivity contribution in [3.05, 3.63) is 33.9 Å². The Kier molecular flexibility index (Phi) is 11.3. The molecule has 0 spiro atoms. The lowest BCUT2D eigenvalue weighted by molar-refractivity contribution is -0.914. The van der Waals surface area contributed by atoms with Crippen LogP contribution in [0.2, 0.25) is 0 Å². The van der Waals surface area contributed by atoms with Gasteiger partial charge in [0.15, 0.2) is 5.75 Å². The van der Waals surface area contributed by atoms with E-state index in [1.54, 1.807) is 12.1 Å². The summed E-state index contributed by atoms with van der Waals surface area (Å²) in [5.74, 6) is 0.285. The smallest absolute Gasteiger partial charge is 0.311 e. The summed E-state index contributed by atoms with van der Waals surface area (Å²) in [5, 5.41) is 29.2. The van der Waals surface area contributed by atoms with E-state index in [1.165, 1.54) is 6.07 Å². The number of nitro groups is 1. The second-order valence-electron chi connectivity index (χ2n) is 5.14. The number of quaternary nitrogens is 1. The van der Waals surface area contributed by atoms with Crippen molar-refractivity contribution in [2.24, 2.45) is 0 Å². The molecule has 0 bridgehead atoms. The molecule has 8 heteroatoms. The molecule has 0 aromatic heterocycles. The maximum Gasteiger partial charge on any atom is 0.311 e. The molecule has 0 aliphatic carbocycles. The molecule has 0 saturated heterocycles. The Bertz CT molecular complexity index is 467. The van der Waals surface area contributed by atoms with Gasteiger partial charge in [0.1, 0.15) is 19.6 Å². The molecule has 132 valence electrons. The Morgan fingerprint density at radius 3 is 2.43 bits per heavy atom. The number of aliphatic hydroxyl groups excluding tert-OH is 2. The van der Waals surface area contributed by atoms with Crippen LogP contribution in [0.3, 0.4) is 0 Å². The van der Waals surface area contributed by atoms with Crippen LogP contribution in [0.4, 0.5) is 5.69 Å². The number of hydrogen-bond donors (Lipinski definition) is 3. The van der Waals surface area contributed by atoms with Crippen LogP contribution in [0.5, 0.6) is 5.75 Å². The number of ether oxygens (including phenoxy) is 1. The maximum atomic E-state index is 11.2. The Labute approximate surface area is 142 Å². The number of nitrogens with zero attached hydrogens (tertiary/aromatic N) is 1. The van der Waals surface area contributed by atoms with Crippen molar-refractivity contribution in [2.75, 3.05) is 32.9 Å². The highest BCUT2D eigenvalue weighted by Crippen LogP contribution is 2.28. The number of benzene rings is 1. The molecule has 0 heterocycles. The third-order valence-electron chi connectivity index (χ3n) is 3.36. The van der Waals surface area contributed by atoms with Crippen LogP contribution in [0, 0.1) is 10.1 Å². The first-order chi connectivity index (χ1) is 10.6. The SMILES string of the molecule is CCCCOc1ccc(C[NH+](CCO)CCO)cc1[N+](=O)[O-].[Cl-]. The molecule has 0 radical (unpaired) electrons. The minimum Gasteiger partial charge on any atom is -1.00 e. The van der Waals surface area contributed by atoms with Crippen molar-refractivity contribution in [1.29, 1.82) is 0 Å². The van der Waals surface area contributed by atoms with Crippen LogP contribution in [-0.4, -0.2) is 48.0 Å². The van der Waals surface area contributed by atoms with Crippen molar-refractivity contribution >= 4 is 5.69 Å². The summed E-state index contributed by atoms with van der Waals surface area (Å²) in [6.45, 7) is 4.00. The molecule has 0 amide bonds. The predicted octanol–water partition coefficient (Wildman–Crippen LogP) is -2.85. The molecule has 0 aliphatic rings. The molecule has 1 rings (SSSR count). The molecule has 0 atom stereocenters. The lowest BCUT2D eigenvalue weighted by Gasteiger charge is -2.17. The van der Waals surface area contributed by atoms with Gasteiger partial charge in [-0.05, 0) is 18.6 Å². The number of hydrogen-bond acceptors (Lipinski definition) is 5. The first kappa shape index (κ1) is 21.6. The second kappa shape index (κ2) is 12.1. The average Bonchev–Trinajstić information content (AvgIpc) is 2.49. The molecular formula is C15H25ClN2O5. The van der Waals surface area contributed by atoms with Gasteiger partial charge in [-0.15, -0.1) is 0 Å². The van der Waals surface area contributed by atoms with Crippen molar-refractivity contribution in [3.8, 4) is 5.75 Å². The normalized spacial score (nSPS) is 10.4. The van der Waals surface area contributed by atoms with Gasteiger partial charge in [-0.1, -0.05) is 13.3 Å². The Balaban J connectivity index is 0.00000484. The fourth-order valence-electron chi connectivity index (χ4n) is 2.17. The number of rotatable bonds is 11. The highest BCUT2D eigenvalue weighted by atomic mass is 35.5. The van der Waals surface area contributed by atoms with Crippen LogP contribution in [-0.2, 0) is 6.54 Å². The topological polar surface area (TPSA) is 97.3 Å². The van der Waals surface area contributed by atoms with E-state index in [2.05, 4.69) is 0 Å². The van der Waals surface area contributed by atoms with Gasteiger partial charge in [-0.3, -0.25) is 10.1 Å². The molecule has 1 aromatic rings. The van der Waals surface area contributed by atoms with Gasteiger partial charge in [0, 0.05) is 11.6 Å². The van der Waals surface area contributed by atoms with E-state index >= 15 is 0 Å². The first-order valence-corrected chi connectivity index (χ1v) is 7.57. The Morgan fingerprint density at radius 2 is 1.91 bits per heavy atom. The van der Waals surface area contributed by atoms with Gasteiger partial charge >= 0.3 is 5.69 Å². The summed E-state index contributed by atoms with van der Waals surface area (Å²) in [5.41, 5.74) is 0.743. The van der Waals surface area contributed by atoms with Crippen LogP contribution in [0.25, 0.3) is 0 Å².